The Morgan fingerprint density at radius 2 is 1.79 bits per heavy atom. The zero-order chi connectivity index (χ0) is 10.8. The smallest absolute Gasteiger partial charge is 0.305 e. The maximum Gasteiger partial charge on any atom is 0.305 e. The van der Waals surface area contributed by atoms with E-state index in [2.05, 4.69) is 4.74 Å². The molecular weight excluding hydrogens is 204 g/mol. The summed E-state index contributed by atoms with van der Waals surface area (Å²) in [4.78, 5) is 10.7. The van der Waals surface area contributed by atoms with E-state index in [0.29, 0.717) is 12.2 Å². The van der Waals surface area contributed by atoms with Gasteiger partial charge < -0.3 is 9.29 Å². The average molecular weight is 222 g/mol. The van der Waals surface area contributed by atoms with Crippen molar-refractivity contribution in [1.82, 2.24) is 0 Å². The van der Waals surface area contributed by atoms with Crippen molar-refractivity contribution in [1.29, 1.82) is 0 Å². The van der Waals surface area contributed by atoms with Gasteiger partial charge in [-0.15, -0.1) is 0 Å². The van der Waals surface area contributed by atoms with Crippen LogP contribution in [0.2, 0.25) is 0 Å². The lowest BCUT2D eigenvalue weighted by molar-refractivity contribution is -0.140. The van der Waals surface area contributed by atoms with Crippen LogP contribution < -0.4 is 0 Å². The number of methoxy groups -OCH3 is 1. The molecule has 0 fully saturated rings. The molecule has 1 N–H and O–H groups in total. The second kappa shape index (κ2) is 9.15. The second-order valence-electron chi connectivity index (χ2n) is 3.12. The topological polar surface area (TPSA) is 63.6 Å². The minimum Gasteiger partial charge on any atom is -0.469 e. The Bertz CT molecular complexity index is 182. The second-order valence-corrected chi connectivity index (χ2v) is 4.17. The van der Waals surface area contributed by atoms with Crippen LogP contribution in [0.5, 0.6) is 0 Å². The number of hydrogen-bond acceptors (Lipinski definition) is 3. The van der Waals surface area contributed by atoms with Crippen molar-refractivity contribution in [2.24, 2.45) is 0 Å². The molecule has 0 radical (unpaired) electrons. The van der Waals surface area contributed by atoms with Crippen LogP contribution in [0.15, 0.2) is 0 Å². The van der Waals surface area contributed by atoms with Crippen LogP contribution in [0.4, 0.5) is 0 Å². The van der Waals surface area contributed by atoms with Gasteiger partial charge in [-0.05, 0) is 12.8 Å². The van der Waals surface area contributed by atoms with E-state index in [0.717, 1.165) is 32.1 Å². The Morgan fingerprint density at radius 1 is 1.21 bits per heavy atom. The molecule has 0 spiro atoms. The number of carbonyl (C=O) groups excluding carboxylic acids is 1. The van der Waals surface area contributed by atoms with E-state index in [1.807, 2.05) is 0 Å². The van der Waals surface area contributed by atoms with Crippen LogP contribution in [-0.4, -0.2) is 27.6 Å². The standard InChI is InChI=1S/C9H18O4S/c1-13-9(10)7-5-3-2-4-6-8-14(11)12/h2-8H2,1H3,(H,11,12). The van der Waals surface area contributed by atoms with E-state index in [1.54, 1.807) is 0 Å². The minimum atomic E-state index is -1.66. The fraction of sp³-hybridized carbons (Fsp3) is 0.889. The molecule has 0 aromatic heterocycles. The summed E-state index contributed by atoms with van der Waals surface area (Å²) in [5.74, 6) is 0.193. The molecule has 0 rings (SSSR count). The Hall–Kier alpha value is -0.420. The largest absolute Gasteiger partial charge is 0.469 e. The lowest BCUT2D eigenvalue weighted by Gasteiger charge is -1.99. The Morgan fingerprint density at radius 3 is 2.36 bits per heavy atom. The lowest BCUT2D eigenvalue weighted by atomic mass is 10.1. The highest BCUT2D eigenvalue weighted by molar-refractivity contribution is 7.79. The van der Waals surface area contributed by atoms with Crippen molar-refractivity contribution in [2.45, 2.75) is 38.5 Å². The lowest BCUT2D eigenvalue weighted by Crippen LogP contribution is -1.99. The van der Waals surface area contributed by atoms with Gasteiger partial charge in [-0.25, -0.2) is 4.21 Å². The molecular formula is C9H18O4S. The number of unbranched alkanes of at least 4 members (excludes halogenated alkanes) is 4. The summed E-state index contributed by atoms with van der Waals surface area (Å²) >= 11 is -1.66. The third-order valence-corrected chi connectivity index (χ3v) is 2.57. The van der Waals surface area contributed by atoms with Gasteiger partial charge in [0.25, 0.3) is 0 Å². The summed E-state index contributed by atoms with van der Waals surface area (Å²) in [5, 5.41) is 0. The van der Waals surface area contributed by atoms with Crippen molar-refractivity contribution in [2.75, 3.05) is 12.9 Å². The van der Waals surface area contributed by atoms with Gasteiger partial charge >= 0.3 is 5.97 Å². The van der Waals surface area contributed by atoms with Crippen LogP contribution in [0, 0.1) is 0 Å². The van der Waals surface area contributed by atoms with E-state index in [9.17, 15) is 9.00 Å². The van der Waals surface area contributed by atoms with E-state index in [-0.39, 0.29) is 5.97 Å². The predicted octanol–water partition coefficient (Wildman–Crippen LogP) is 1.72. The Balaban J connectivity index is 3.06. The summed E-state index contributed by atoms with van der Waals surface area (Å²) in [6, 6.07) is 0. The molecule has 0 aliphatic carbocycles. The molecule has 0 bridgehead atoms. The van der Waals surface area contributed by atoms with Gasteiger partial charge in [0, 0.05) is 12.2 Å². The van der Waals surface area contributed by atoms with Gasteiger partial charge in [0.2, 0.25) is 0 Å². The highest BCUT2D eigenvalue weighted by atomic mass is 32.2. The first-order valence-corrected chi connectivity index (χ1v) is 6.08. The monoisotopic (exact) mass is 222 g/mol. The molecule has 4 nitrogen and oxygen atoms in total. The Kier molecular flexibility index (Phi) is 8.87. The van der Waals surface area contributed by atoms with Gasteiger partial charge in [0.1, 0.15) is 0 Å². The number of carbonyl (C=O) groups is 1. The molecule has 5 heteroatoms. The van der Waals surface area contributed by atoms with Crippen LogP contribution in [0.25, 0.3) is 0 Å². The molecule has 0 aromatic carbocycles. The summed E-state index contributed by atoms with van der Waals surface area (Å²) in [7, 11) is 1.39. The molecule has 1 unspecified atom stereocenters. The van der Waals surface area contributed by atoms with Crippen molar-refractivity contribution in [3.05, 3.63) is 0 Å². The highest BCUT2D eigenvalue weighted by Gasteiger charge is 1.99. The number of esters is 1. The van der Waals surface area contributed by atoms with E-state index in [1.165, 1.54) is 7.11 Å². The van der Waals surface area contributed by atoms with Gasteiger partial charge in [0.15, 0.2) is 11.1 Å². The Labute approximate surface area is 87.3 Å². The van der Waals surface area contributed by atoms with Crippen LogP contribution in [-0.2, 0) is 20.6 Å². The van der Waals surface area contributed by atoms with E-state index >= 15 is 0 Å². The van der Waals surface area contributed by atoms with Crippen molar-refractivity contribution >= 4 is 17.0 Å². The molecule has 0 heterocycles. The zero-order valence-corrected chi connectivity index (χ0v) is 9.35. The highest BCUT2D eigenvalue weighted by Crippen LogP contribution is 2.06. The van der Waals surface area contributed by atoms with Gasteiger partial charge in [-0.3, -0.25) is 4.79 Å². The number of hydrogen-bond donors (Lipinski definition) is 1. The average Bonchev–Trinajstić information content (AvgIpc) is 2.15. The first-order chi connectivity index (χ1) is 6.66. The van der Waals surface area contributed by atoms with Gasteiger partial charge in [-0.1, -0.05) is 19.3 Å². The quantitative estimate of drug-likeness (QED) is 0.386. The molecule has 0 aliphatic heterocycles. The maximum absolute atomic E-state index is 10.7. The van der Waals surface area contributed by atoms with Crippen LogP contribution in [0.1, 0.15) is 38.5 Å². The zero-order valence-electron chi connectivity index (χ0n) is 8.53. The molecule has 84 valence electrons. The molecule has 0 amide bonds. The van der Waals surface area contributed by atoms with Crippen molar-refractivity contribution < 1.29 is 18.3 Å². The first-order valence-electron chi connectivity index (χ1n) is 4.81. The summed E-state index contributed by atoms with van der Waals surface area (Å²) < 4.78 is 23.2. The summed E-state index contributed by atoms with van der Waals surface area (Å²) in [5.41, 5.74) is 0. The first kappa shape index (κ1) is 13.6. The fourth-order valence-electron chi connectivity index (χ4n) is 1.13. The SMILES string of the molecule is COC(=O)CCCCCCCS(=O)O. The molecule has 14 heavy (non-hydrogen) atoms. The minimum absolute atomic E-state index is 0.165. The maximum atomic E-state index is 10.7. The molecule has 0 saturated carbocycles. The predicted molar refractivity (Wildman–Crippen MR) is 55.4 cm³/mol. The van der Waals surface area contributed by atoms with Crippen molar-refractivity contribution in [3.63, 3.8) is 0 Å². The number of rotatable bonds is 8. The van der Waals surface area contributed by atoms with Gasteiger partial charge in [0.05, 0.1) is 7.11 Å². The third-order valence-electron chi connectivity index (χ3n) is 1.93. The van der Waals surface area contributed by atoms with E-state index < -0.39 is 11.1 Å². The van der Waals surface area contributed by atoms with Crippen LogP contribution in [0.3, 0.4) is 0 Å². The summed E-state index contributed by atoms with van der Waals surface area (Å²) in [6.07, 6.45) is 5.04. The number of ether oxygens (including phenoxy) is 1. The fourth-order valence-corrected chi connectivity index (χ4v) is 1.58. The van der Waals surface area contributed by atoms with Gasteiger partial charge in [-0.2, -0.15) is 0 Å². The van der Waals surface area contributed by atoms with Crippen LogP contribution >= 0.6 is 0 Å². The molecule has 1 atom stereocenters. The third kappa shape index (κ3) is 9.67. The van der Waals surface area contributed by atoms with Crippen molar-refractivity contribution in [3.8, 4) is 0 Å². The summed E-state index contributed by atoms with van der Waals surface area (Å²) in [6.45, 7) is 0. The molecule has 0 aromatic rings. The normalized spacial score (nSPS) is 12.4. The molecule has 0 aliphatic rings. The molecule has 0 saturated heterocycles. The van der Waals surface area contributed by atoms with E-state index in [4.69, 9.17) is 4.55 Å².